The van der Waals surface area contributed by atoms with Crippen molar-refractivity contribution in [2.24, 2.45) is 11.1 Å². The first-order valence-electron chi connectivity index (χ1n) is 7.56. The van der Waals surface area contributed by atoms with Crippen LogP contribution in [0, 0.1) is 5.41 Å². The summed E-state index contributed by atoms with van der Waals surface area (Å²) in [7, 11) is 1.31. The molecule has 1 amide bonds. The average molecular weight is 361 g/mol. The van der Waals surface area contributed by atoms with Crippen molar-refractivity contribution in [3.63, 3.8) is 0 Å². The van der Waals surface area contributed by atoms with Gasteiger partial charge >= 0.3 is 5.97 Å². The van der Waals surface area contributed by atoms with Crippen LogP contribution in [-0.2, 0) is 25.6 Å². The van der Waals surface area contributed by atoms with Gasteiger partial charge in [-0.05, 0) is 6.92 Å². The molecule has 1 aromatic rings. The van der Waals surface area contributed by atoms with E-state index in [0.717, 1.165) is 0 Å². The minimum atomic E-state index is -1.01. The summed E-state index contributed by atoms with van der Waals surface area (Å²) in [6, 6.07) is 1.61. The Balaban J connectivity index is 0.00000288. The third kappa shape index (κ3) is 3.55. The molecule has 1 aliphatic rings. The number of anilines is 1. The Hall–Kier alpha value is -1.64. The summed E-state index contributed by atoms with van der Waals surface area (Å²) in [5, 5.41) is 6.82. The van der Waals surface area contributed by atoms with Crippen molar-refractivity contribution in [1.82, 2.24) is 9.78 Å². The highest BCUT2D eigenvalue weighted by Crippen LogP contribution is 2.50. The summed E-state index contributed by atoms with van der Waals surface area (Å²) < 4.78 is 11.6. The van der Waals surface area contributed by atoms with Gasteiger partial charge in [-0.2, -0.15) is 5.10 Å². The van der Waals surface area contributed by atoms with Gasteiger partial charge in [0.1, 0.15) is 12.1 Å². The Morgan fingerprint density at radius 1 is 1.50 bits per heavy atom. The SMILES string of the molecule is CCOC1CC(N)(C(=O)Nc2ccn(CC(=O)OC)n2)C1(C)C.Cl. The lowest BCUT2D eigenvalue weighted by Crippen LogP contribution is -2.74. The van der Waals surface area contributed by atoms with E-state index < -0.39 is 16.9 Å². The van der Waals surface area contributed by atoms with Gasteiger partial charge in [-0.15, -0.1) is 12.4 Å². The van der Waals surface area contributed by atoms with Gasteiger partial charge in [0.15, 0.2) is 5.82 Å². The molecule has 24 heavy (non-hydrogen) atoms. The van der Waals surface area contributed by atoms with E-state index in [1.165, 1.54) is 11.8 Å². The van der Waals surface area contributed by atoms with Crippen molar-refractivity contribution in [1.29, 1.82) is 0 Å². The van der Waals surface area contributed by atoms with Gasteiger partial charge in [0.05, 0.1) is 13.2 Å². The number of hydrogen-bond acceptors (Lipinski definition) is 6. The van der Waals surface area contributed by atoms with Crippen LogP contribution in [0.4, 0.5) is 5.82 Å². The van der Waals surface area contributed by atoms with Crippen molar-refractivity contribution in [3.05, 3.63) is 12.3 Å². The molecule has 1 heterocycles. The van der Waals surface area contributed by atoms with Crippen LogP contribution in [0.1, 0.15) is 27.2 Å². The predicted octanol–water partition coefficient (Wildman–Crippen LogP) is 0.949. The van der Waals surface area contributed by atoms with E-state index in [0.29, 0.717) is 18.8 Å². The predicted molar refractivity (Wildman–Crippen MR) is 90.9 cm³/mol. The molecule has 3 N–H and O–H groups in total. The molecule has 0 radical (unpaired) electrons. The lowest BCUT2D eigenvalue weighted by Gasteiger charge is -2.57. The van der Waals surface area contributed by atoms with Crippen molar-refractivity contribution in [2.45, 2.75) is 45.4 Å². The number of rotatable bonds is 6. The number of hydrogen-bond donors (Lipinski definition) is 2. The van der Waals surface area contributed by atoms with E-state index in [9.17, 15) is 9.59 Å². The minimum absolute atomic E-state index is 0. The van der Waals surface area contributed by atoms with Crippen LogP contribution in [0.15, 0.2) is 12.3 Å². The molecule has 1 aliphatic carbocycles. The maximum absolute atomic E-state index is 12.5. The molecule has 1 aromatic heterocycles. The van der Waals surface area contributed by atoms with E-state index in [-0.39, 0.29) is 31.0 Å². The number of nitrogens with one attached hydrogen (secondary N) is 1. The first-order valence-corrected chi connectivity index (χ1v) is 7.56. The maximum Gasteiger partial charge on any atom is 0.327 e. The van der Waals surface area contributed by atoms with Crippen LogP contribution in [-0.4, -0.2) is 47.0 Å². The summed E-state index contributed by atoms with van der Waals surface area (Å²) in [6.07, 6.45) is 2.01. The first kappa shape index (κ1) is 20.4. The lowest BCUT2D eigenvalue weighted by atomic mass is 9.54. The number of ether oxygens (including phenoxy) is 2. The zero-order chi connectivity index (χ0) is 17.3. The van der Waals surface area contributed by atoms with E-state index in [1.807, 2.05) is 20.8 Å². The molecule has 8 nitrogen and oxygen atoms in total. The summed E-state index contributed by atoms with van der Waals surface area (Å²) in [4.78, 5) is 23.7. The minimum Gasteiger partial charge on any atom is -0.468 e. The molecule has 2 rings (SSSR count). The van der Waals surface area contributed by atoms with Gasteiger partial charge in [-0.1, -0.05) is 13.8 Å². The number of carbonyl (C=O) groups is 2. The second kappa shape index (κ2) is 7.50. The molecule has 2 atom stereocenters. The molecule has 1 fully saturated rings. The van der Waals surface area contributed by atoms with Gasteiger partial charge in [0.25, 0.3) is 0 Å². The molecule has 0 spiro atoms. The normalized spacial score (nSPS) is 24.5. The molecule has 9 heteroatoms. The van der Waals surface area contributed by atoms with Crippen LogP contribution >= 0.6 is 12.4 Å². The smallest absolute Gasteiger partial charge is 0.327 e. The Labute approximate surface area is 147 Å². The third-order valence-corrected chi connectivity index (χ3v) is 4.64. The number of esters is 1. The van der Waals surface area contributed by atoms with Crippen molar-refractivity contribution in [2.75, 3.05) is 19.0 Å². The second-order valence-electron chi connectivity index (χ2n) is 6.27. The quantitative estimate of drug-likeness (QED) is 0.731. The monoisotopic (exact) mass is 360 g/mol. The van der Waals surface area contributed by atoms with E-state index >= 15 is 0 Å². The fourth-order valence-electron chi connectivity index (χ4n) is 2.76. The van der Waals surface area contributed by atoms with Crippen LogP contribution in [0.3, 0.4) is 0 Å². The van der Waals surface area contributed by atoms with E-state index in [1.54, 1.807) is 12.3 Å². The van der Waals surface area contributed by atoms with Gasteiger partial charge in [0.2, 0.25) is 5.91 Å². The largest absolute Gasteiger partial charge is 0.468 e. The highest BCUT2D eigenvalue weighted by Gasteiger charge is 2.62. The summed E-state index contributed by atoms with van der Waals surface area (Å²) in [5.74, 6) is -0.373. The Morgan fingerprint density at radius 3 is 2.71 bits per heavy atom. The van der Waals surface area contributed by atoms with Crippen LogP contribution in [0.25, 0.3) is 0 Å². The highest BCUT2D eigenvalue weighted by atomic mass is 35.5. The topological polar surface area (TPSA) is 108 Å². The summed E-state index contributed by atoms with van der Waals surface area (Å²) in [6.45, 7) is 6.33. The first-order chi connectivity index (χ1) is 10.7. The number of carbonyl (C=O) groups excluding carboxylic acids is 2. The molecular formula is C15H25ClN4O4. The molecule has 1 saturated carbocycles. The van der Waals surface area contributed by atoms with Crippen molar-refractivity contribution < 1.29 is 19.1 Å². The van der Waals surface area contributed by atoms with Crippen molar-refractivity contribution >= 4 is 30.1 Å². The number of amides is 1. The van der Waals surface area contributed by atoms with Gasteiger partial charge in [-0.25, -0.2) is 0 Å². The number of aromatic nitrogens is 2. The van der Waals surface area contributed by atoms with Crippen molar-refractivity contribution in [3.8, 4) is 0 Å². The van der Waals surface area contributed by atoms with Gasteiger partial charge in [-0.3, -0.25) is 14.3 Å². The molecule has 0 saturated heterocycles. The van der Waals surface area contributed by atoms with Crippen LogP contribution in [0.5, 0.6) is 0 Å². The summed E-state index contributed by atoms with van der Waals surface area (Å²) >= 11 is 0. The highest BCUT2D eigenvalue weighted by molar-refractivity contribution is 5.99. The fourth-order valence-corrected chi connectivity index (χ4v) is 2.76. The molecule has 136 valence electrons. The van der Waals surface area contributed by atoms with Crippen LogP contribution < -0.4 is 11.1 Å². The fraction of sp³-hybridized carbons (Fsp3) is 0.667. The molecular weight excluding hydrogens is 336 g/mol. The molecule has 2 unspecified atom stereocenters. The van der Waals surface area contributed by atoms with Gasteiger partial charge < -0.3 is 20.5 Å². The Kier molecular flexibility index (Phi) is 6.38. The number of nitrogens with two attached hydrogens (primary N) is 1. The zero-order valence-corrected chi connectivity index (χ0v) is 15.2. The lowest BCUT2D eigenvalue weighted by molar-refractivity contribution is -0.166. The van der Waals surface area contributed by atoms with E-state index in [4.69, 9.17) is 10.5 Å². The number of nitrogens with zero attached hydrogens (tertiary/aromatic N) is 2. The number of halogens is 1. The zero-order valence-electron chi connectivity index (χ0n) is 14.4. The Bertz CT molecular complexity index is 604. The molecule has 0 aromatic carbocycles. The Morgan fingerprint density at radius 2 is 2.17 bits per heavy atom. The van der Waals surface area contributed by atoms with Crippen LogP contribution in [0.2, 0.25) is 0 Å². The number of methoxy groups -OCH3 is 1. The van der Waals surface area contributed by atoms with Gasteiger partial charge in [0, 0.05) is 30.7 Å². The van der Waals surface area contributed by atoms with E-state index in [2.05, 4.69) is 15.2 Å². The molecule has 0 aliphatic heterocycles. The average Bonchev–Trinajstić information content (AvgIpc) is 2.93. The second-order valence-corrected chi connectivity index (χ2v) is 6.27. The third-order valence-electron chi connectivity index (χ3n) is 4.64. The summed E-state index contributed by atoms with van der Waals surface area (Å²) in [5.41, 5.74) is 4.82. The maximum atomic E-state index is 12.5. The molecule has 0 bridgehead atoms. The standard InChI is InChI=1S/C15H24N4O4.ClH/c1-5-23-10-8-15(16,14(10,2)3)13(21)17-11-6-7-19(18-11)9-12(20)22-4;/h6-7,10H,5,8-9,16H2,1-4H3,(H,17,18,21);1H.